The average molecular weight is 343 g/mol. The molecule has 6 nitrogen and oxygen atoms in total. The van der Waals surface area contributed by atoms with Gasteiger partial charge in [-0.1, -0.05) is 38.0 Å². The van der Waals surface area contributed by atoms with E-state index in [2.05, 4.69) is 17.3 Å². The van der Waals surface area contributed by atoms with Gasteiger partial charge in [0.05, 0.1) is 12.0 Å². The quantitative estimate of drug-likeness (QED) is 0.783. The van der Waals surface area contributed by atoms with Gasteiger partial charge in [-0.2, -0.15) is 5.10 Å². The minimum atomic E-state index is -0.229. The van der Waals surface area contributed by atoms with Crippen LogP contribution in [0.1, 0.15) is 43.1 Å². The number of amides is 1. The summed E-state index contributed by atoms with van der Waals surface area (Å²) in [5, 5.41) is 8.48. The normalized spacial score (nSPS) is 17.1. The Balaban J connectivity index is 1.87. The minimum Gasteiger partial charge on any atom is -0.381 e. The first kappa shape index (κ1) is 17.6. The van der Waals surface area contributed by atoms with Gasteiger partial charge in [-0.25, -0.2) is 4.68 Å². The third-order valence-corrected chi connectivity index (χ3v) is 4.63. The number of nitrogens with one attached hydrogen (secondary N) is 1. The molecular formula is C19H25N3O3. The van der Waals surface area contributed by atoms with E-state index in [9.17, 15) is 9.59 Å². The molecule has 1 unspecified atom stereocenters. The maximum atomic E-state index is 12.7. The van der Waals surface area contributed by atoms with Crippen molar-refractivity contribution in [3.8, 4) is 0 Å². The molecule has 134 valence electrons. The van der Waals surface area contributed by atoms with Gasteiger partial charge in [0, 0.05) is 31.0 Å². The Labute approximate surface area is 147 Å². The summed E-state index contributed by atoms with van der Waals surface area (Å²) in [6, 6.07) is 7.19. The third-order valence-electron chi connectivity index (χ3n) is 4.63. The second-order valence-electron chi connectivity index (χ2n) is 6.57. The van der Waals surface area contributed by atoms with Crippen molar-refractivity contribution in [3.63, 3.8) is 0 Å². The number of hydrogen-bond donors (Lipinski definition) is 1. The molecule has 1 saturated heterocycles. The number of ether oxygens (including phenoxy) is 1. The van der Waals surface area contributed by atoms with Crippen molar-refractivity contribution in [2.75, 3.05) is 19.8 Å². The van der Waals surface area contributed by atoms with Gasteiger partial charge >= 0.3 is 0 Å². The van der Waals surface area contributed by atoms with E-state index in [0.717, 1.165) is 32.3 Å². The lowest BCUT2D eigenvalue weighted by atomic mass is 10.1. The highest BCUT2D eigenvalue weighted by Gasteiger charge is 2.20. The standard InChI is InChI=1S/C19H25N3O3/c1-2-3-6-10-22-19(24)16-8-5-4-7-15(16)17(21-22)18(23)20-12-14-9-11-25-13-14/h4-5,7-8,14H,2-3,6,9-13H2,1H3,(H,20,23). The Bertz CT molecular complexity index is 794. The van der Waals surface area contributed by atoms with Gasteiger partial charge < -0.3 is 10.1 Å². The maximum absolute atomic E-state index is 12.7. The Morgan fingerprint density at radius 2 is 2.12 bits per heavy atom. The first-order valence-corrected chi connectivity index (χ1v) is 9.06. The molecule has 1 aromatic heterocycles. The van der Waals surface area contributed by atoms with Gasteiger partial charge in [-0.05, 0) is 18.9 Å². The third kappa shape index (κ3) is 4.07. The molecule has 1 atom stereocenters. The zero-order valence-corrected chi connectivity index (χ0v) is 14.7. The summed E-state index contributed by atoms with van der Waals surface area (Å²) in [7, 11) is 0. The Morgan fingerprint density at radius 1 is 1.32 bits per heavy atom. The number of carbonyl (C=O) groups is 1. The molecule has 6 heteroatoms. The fraction of sp³-hybridized carbons (Fsp3) is 0.526. The van der Waals surface area contributed by atoms with E-state index in [1.807, 2.05) is 12.1 Å². The molecule has 3 rings (SSSR count). The molecule has 25 heavy (non-hydrogen) atoms. The van der Waals surface area contributed by atoms with E-state index in [-0.39, 0.29) is 11.5 Å². The first-order chi connectivity index (χ1) is 12.2. The highest BCUT2D eigenvalue weighted by atomic mass is 16.5. The molecule has 1 fully saturated rings. The number of hydrogen-bond acceptors (Lipinski definition) is 4. The van der Waals surface area contributed by atoms with Crippen molar-refractivity contribution in [3.05, 3.63) is 40.3 Å². The van der Waals surface area contributed by atoms with Gasteiger partial charge in [0.15, 0.2) is 5.69 Å². The minimum absolute atomic E-state index is 0.132. The van der Waals surface area contributed by atoms with Crippen LogP contribution >= 0.6 is 0 Å². The molecule has 1 aromatic carbocycles. The van der Waals surface area contributed by atoms with E-state index in [1.54, 1.807) is 12.1 Å². The first-order valence-electron chi connectivity index (χ1n) is 9.06. The van der Waals surface area contributed by atoms with E-state index < -0.39 is 0 Å². The highest BCUT2D eigenvalue weighted by Crippen LogP contribution is 2.15. The number of rotatable bonds is 7. The van der Waals surface area contributed by atoms with E-state index >= 15 is 0 Å². The van der Waals surface area contributed by atoms with Crippen LogP contribution in [0.5, 0.6) is 0 Å². The van der Waals surface area contributed by atoms with Crippen LogP contribution in [-0.4, -0.2) is 35.4 Å². The van der Waals surface area contributed by atoms with Crippen LogP contribution < -0.4 is 10.9 Å². The van der Waals surface area contributed by atoms with Gasteiger partial charge in [0.2, 0.25) is 0 Å². The lowest BCUT2D eigenvalue weighted by molar-refractivity contribution is 0.0939. The lowest BCUT2D eigenvalue weighted by Gasteiger charge is -2.13. The summed E-state index contributed by atoms with van der Waals surface area (Å²) in [5.41, 5.74) is 0.193. The summed E-state index contributed by atoms with van der Waals surface area (Å²) >= 11 is 0. The number of unbranched alkanes of at least 4 members (excludes halogenated alkanes) is 2. The van der Waals surface area contributed by atoms with E-state index in [4.69, 9.17) is 4.74 Å². The second kappa shape index (κ2) is 8.25. The lowest BCUT2D eigenvalue weighted by Crippen LogP contribution is -2.33. The van der Waals surface area contributed by atoms with Gasteiger partial charge in [0.1, 0.15) is 0 Å². The zero-order valence-electron chi connectivity index (χ0n) is 14.7. The SMILES string of the molecule is CCCCCn1nc(C(=O)NCC2CCOC2)c2ccccc2c1=O. The molecule has 1 amide bonds. The van der Waals surface area contributed by atoms with Crippen LogP contribution in [-0.2, 0) is 11.3 Å². The van der Waals surface area contributed by atoms with E-state index in [1.165, 1.54) is 4.68 Å². The van der Waals surface area contributed by atoms with Crippen molar-refractivity contribution in [1.82, 2.24) is 15.1 Å². The van der Waals surface area contributed by atoms with Crippen LogP contribution in [0, 0.1) is 5.92 Å². The summed E-state index contributed by atoms with van der Waals surface area (Å²) in [5.74, 6) is 0.123. The summed E-state index contributed by atoms with van der Waals surface area (Å²) in [6.45, 7) is 4.66. The molecule has 1 aliphatic heterocycles. The van der Waals surface area contributed by atoms with Crippen LogP contribution in [0.2, 0.25) is 0 Å². The van der Waals surface area contributed by atoms with Crippen molar-refractivity contribution in [1.29, 1.82) is 0 Å². The number of fused-ring (bicyclic) bond motifs is 1. The predicted molar refractivity (Wildman–Crippen MR) is 96.8 cm³/mol. The number of aromatic nitrogens is 2. The number of benzene rings is 1. The number of carbonyl (C=O) groups excluding carboxylic acids is 1. The molecule has 1 aliphatic rings. The highest BCUT2D eigenvalue weighted by molar-refractivity contribution is 6.04. The maximum Gasteiger partial charge on any atom is 0.274 e. The zero-order chi connectivity index (χ0) is 17.6. The van der Waals surface area contributed by atoms with Crippen LogP contribution in [0.4, 0.5) is 0 Å². The molecule has 2 heterocycles. The van der Waals surface area contributed by atoms with E-state index in [0.29, 0.717) is 42.1 Å². The van der Waals surface area contributed by atoms with Crippen molar-refractivity contribution in [2.24, 2.45) is 5.92 Å². The summed E-state index contributed by atoms with van der Waals surface area (Å²) in [4.78, 5) is 25.3. The number of aryl methyl sites for hydroxylation is 1. The van der Waals surface area contributed by atoms with Crippen LogP contribution in [0.25, 0.3) is 10.8 Å². The van der Waals surface area contributed by atoms with Crippen molar-refractivity contribution >= 4 is 16.7 Å². The summed E-state index contributed by atoms with van der Waals surface area (Å²) in [6.07, 6.45) is 3.94. The van der Waals surface area contributed by atoms with Crippen LogP contribution in [0.3, 0.4) is 0 Å². The fourth-order valence-electron chi connectivity index (χ4n) is 3.13. The molecule has 0 bridgehead atoms. The topological polar surface area (TPSA) is 73.2 Å². The van der Waals surface area contributed by atoms with Gasteiger partial charge in [-0.15, -0.1) is 0 Å². The number of nitrogens with zero attached hydrogens (tertiary/aromatic N) is 2. The van der Waals surface area contributed by atoms with Gasteiger partial charge in [0.25, 0.3) is 11.5 Å². The molecular weight excluding hydrogens is 318 g/mol. The summed E-state index contributed by atoms with van der Waals surface area (Å²) < 4.78 is 6.78. The molecule has 0 aliphatic carbocycles. The fourth-order valence-corrected chi connectivity index (χ4v) is 3.13. The Hall–Kier alpha value is -2.21. The molecule has 0 radical (unpaired) electrons. The molecule has 2 aromatic rings. The monoisotopic (exact) mass is 343 g/mol. The molecule has 0 saturated carbocycles. The molecule has 0 spiro atoms. The Kier molecular flexibility index (Phi) is 5.81. The average Bonchev–Trinajstić information content (AvgIpc) is 3.15. The largest absolute Gasteiger partial charge is 0.381 e. The van der Waals surface area contributed by atoms with Gasteiger partial charge in [-0.3, -0.25) is 9.59 Å². The Morgan fingerprint density at radius 3 is 2.84 bits per heavy atom. The van der Waals surface area contributed by atoms with Crippen molar-refractivity contribution < 1.29 is 9.53 Å². The van der Waals surface area contributed by atoms with Crippen LogP contribution in [0.15, 0.2) is 29.1 Å². The smallest absolute Gasteiger partial charge is 0.274 e. The second-order valence-corrected chi connectivity index (χ2v) is 6.57. The predicted octanol–water partition coefficient (Wildman–Crippen LogP) is 2.35. The molecule has 1 N–H and O–H groups in total. The van der Waals surface area contributed by atoms with Crippen molar-refractivity contribution in [2.45, 2.75) is 39.2 Å².